The molecule has 0 aliphatic carbocycles. The highest BCUT2D eigenvalue weighted by molar-refractivity contribution is 7.15. The Morgan fingerprint density at radius 1 is 1.27 bits per heavy atom. The topological polar surface area (TPSA) is 30.2 Å². The van der Waals surface area contributed by atoms with Crippen LogP contribution in [0.5, 0.6) is 0 Å². The third kappa shape index (κ3) is 1.39. The molecule has 3 nitrogen and oxygen atoms in total. The maximum absolute atomic E-state index is 4.57. The smallest absolute Gasteiger partial charge is 0.194 e. The van der Waals surface area contributed by atoms with Crippen molar-refractivity contribution in [2.24, 2.45) is 0 Å². The van der Waals surface area contributed by atoms with E-state index in [9.17, 15) is 0 Å². The molecule has 0 saturated heterocycles. The van der Waals surface area contributed by atoms with Crippen molar-refractivity contribution < 1.29 is 0 Å². The number of nitrogens with zero attached hydrogens (tertiary/aromatic N) is 3. The number of thiazole rings is 2. The van der Waals surface area contributed by atoms with Crippen molar-refractivity contribution in [3.63, 3.8) is 0 Å². The summed E-state index contributed by atoms with van der Waals surface area (Å²) in [7, 11) is 0. The number of fused-ring (bicyclic) bond motifs is 1. The molecule has 0 amide bonds. The van der Waals surface area contributed by atoms with Crippen molar-refractivity contribution in [2.75, 3.05) is 0 Å². The highest BCUT2D eigenvalue weighted by Gasteiger charge is 2.11. The van der Waals surface area contributed by atoms with Crippen LogP contribution in [-0.2, 0) is 0 Å². The van der Waals surface area contributed by atoms with Crippen molar-refractivity contribution in [3.8, 4) is 10.6 Å². The molecule has 0 aromatic carbocycles. The van der Waals surface area contributed by atoms with Gasteiger partial charge in [0, 0.05) is 17.8 Å². The van der Waals surface area contributed by atoms with E-state index in [0.717, 1.165) is 21.4 Å². The molecule has 0 spiro atoms. The van der Waals surface area contributed by atoms with Gasteiger partial charge in [-0.05, 0) is 13.8 Å². The molecule has 0 saturated carbocycles. The standard InChI is InChI=1S/C10H9N3S2/c1-6-9(15-7(2)11-6)8-5-13-3-4-14-10(13)12-8/h3-5H,1-2H3. The quantitative estimate of drug-likeness (QED) is 0.648. The fraction of sp³-hybridized carbons (Fsp3) is 0.200. The highest BCUT2D eigenvalue weighted by atomic mass is 32.1. The molecule has 0 radical (unpaired) electrons. The van der Waals surface area contributed by atoms with E-state index in [-0.39, 0.29) is 0 Å². The summed E-state index contributed by atoms with van der Waals surface area (Å²) in [6.45, 7) is 4.06. The summed E-state index contributed by atoms with van der Waals surface area (Å²) in [6, 6.07) is 0. The lowest BCUT2D eigenvalue weighted by Gasteiger charge is -1.89. The lowest BCUT2D eigenvalue weighted by Crippen LogP contribution is -1.77. The Morgan fingerprint density at radius 3 is 2.80 bits per heavy atom. The normalized spacial score (nSPS) is 11.3. The summed E-state index contributed by atoms with van der Waals surface area (Å²) in [5, 5.41) is 3.13. The summed E-state index contributed by atoms with van der Waals surface area (Å²) in [4.78, 5) is 11.2. The summed E-state index contributed by atoms with van der Waals surface area (Å²) in [5.41, 5.74) is 2.10. The molecule has 3 aromatic heterocycles. The predicted molar refractivity (Wildman–Crippen MR) is 63.7 cm³/mol. The number of hydrogen-bond acceptors (Lipinski definition) is 4. The zero-order chi connectivity index (χ0) is 10.4. The van der Waals surface area contributed by atoms with Crippen LogP contribution in [0.25, 0.3) is 15.5 Å². The fourth-order valence-corrected chi connectivity index (χ4v) is 3.18. The summed E-state index contributed by atoms with van der Waals surface area (Å²) in [5.74, 6) is 0. The molecule has 0 unspecified atom stereocenters. The molecule has 0 aliphatic heterocycles. The maximum atomic E-state index is 4.57. The van der Waals surface area contributed by atoms with Gasteiger partial charge in [0.1, 0.15) is 5.69 Å². The van der Waals surface area contributed by atoms with E-state index in [2.05, 4.69) is 20.6 Å². The summed E-state index contributed by atoms with van der Waals surface area (Å²) >= 11 is 3.36. The summed E-state index contributed by atoms with van der Waals surface area (Å²) in [6.07, 6.45) is 4.09. The first kappa shape index (κ1) is 9.06. The summed E-state index contributed by atoms with van der Waals surface area (Å²) < 4.78 is 2.05. The van der Waals surface area contributed by atoms with Gasteiger partial charge in [0.05, 0.1) is 15.6 Å². The minimum atomic E-state index is 1.03. The van der Waals surface area contributed by atoms with E-state index in [1.165, 1.54) is 4.88 Å². The second-order valence-corrected chi connectivity index (χ2v) is 5.44. The lowest BCUT2D eigenvalue weighted by molar-refractivity contribution is 1.20. The van der Waals surface area contributed by atoms with Gasteiger partial charge in [0.2, 0.25) is 0 Å². The molecule has 0 N–H and O–H groups in total. The molecule has 3 rings (SSSR count). The molecule has 76 valence electrons. The van der Waals surface area contributed by atoms with Crippen LogP contribution in [-0.4, -0.2) is 14.4 Å². The van der Waals surface area contributed by atoms with Crippen LogP contribution in [0.1, 0.15) is 10.7 Å². The van der Waals surface area contributed by atoms with Crippen LogP contribution in [0.15, 0.2) is 17.8 Å². The van der Waals surface area contributed by atoms with Gasteiger partial charge in [-0.1, -0.05) is 0 Å². The van der Waals surface area contributed by atoms with E-state index in [4.69, 9.17) is 0 Å². The zero-order valence-corrected chi connectivity index (χ0v) is 10.0. The Morgan fingerprint density at radius 2 is 2.13 bits per heavy atom. The molecule has 0 fully saturated rings. The van der Waals surface area contributed by atoms with Crippen molar-refractivity contribution in [3.05, 3.63) is 28.5 Å². The molecule has 5 heteroatoms. The van der Waals surface area contributed by atoms with Crippen LogP contribution in [0.2, 0.25) is 0 Å². The third-order valence-electron chi connectivity index (χ3n) is 2.23. The largest absolute Gasteiger partial charge is 0.297 e. The first-order chi connectivity index (χ1) is 7.24. The van der Waals surface area contributed by atoms with Gasteiger partial charge >= 0.3 is 0 Å². The van der Waals surface area contributed by atoms with E-state index in [1.54, 1.807) is 22.7 Å². The first-order valence-corrected chi connectivity index (χ1v) is 6.30. The SMILES string of the molecule is Cc1nc(C)c(-c2cn3ccsc3n2)s1. The molecular weight excluding hydrogens is 226 g/mol. The van der Waals surface area contributed by atoms with Crippen LogP contribution in [0.3, 0.4) is 0 Å². The molecule has 0 bridgehead atoms. The molecule has 0 atom stereocenters. The predicted octanol–water partition coefficient (Wildman–Crippen LogP) is 3.14. The monoisotopic (exact) mass is 235 g/mol. The van der Waals surface area contributed by atoms with Gasteiger partial charge in [-0.3, -0.25) is 4.40 Å². The molecule has 3 aromatic rings. The Bertz CT molecular complexity index is 589. The Balaban J connectivity index is 2.21. The van der Waals surface area contributed by atoms with Crippen molar-refractivity contribution >= 4 is 27.6 Å². The van der Waals surface area contributed by atoms with Crippen molar-refractivity contribution in [1.29, 1.82) is 0 Å². The Hall–Kier alpha value is -1.20. The molecule has 3 heterocycles. The van der Waals surface area contributed by atoms with Crippen molar-refractivity contribution in [2.45, 2.75) is 13.8 Å². The molecule has 15 heavy (non-hydrogen) atoms. The van der Waals surface area contributed by atoms with Gasteiger partial charge in [-0.25, -0.2) is 9.97 Å². The number of hydrogen-bond donors (Lipinski definition) is 0. The van der Waals surface area contributed by atoms with E-state index >= 15 is 0 Å². The average Bonchev–Trinajstić information content (AvgIpc) is 2.77. The van der Waals surface area contributed by atoms with Gasteiger partial charge < -0.3 is 0 Å². The number of rotatable bonds is 1. The minimum Gasteiger partial charge on any atom is -0.297 e. The maximum Gasteiger partial charge on any atom is 0.194 e. The highest BCUT2D eigenvalue weighted by Crippen LogP contribution is 2.29. The van der Waals surface area contributed by atoms with Gasteiger partial charge in [-0.2, -0.15) is 0 Å². The average molecular weight is 235 g/mol. The van der Waals surface area contributed by atoms with Gasteiger partial charge in [0.25, 0.3) is 0 Å². The second-order valence-electron chi connectivity index (χ2n) is 3.37. The van der Waals surface area contributed by atoms with Crippen LogP contribution >= 0.6 is 22.7 Å². The first-order valence-electron chi connectivity index (χ1n) is 4.60. The van der Waals surface area contributed by atoms with Crippen LogP contribution < -0.4 is 0 Å². The minimum absolute atomic E-state index is 1.03. The van der Waals surface area contributed by atoms with E-state index in [1.807, 2.05) is 25.4 Å². The van der Waals surface area contributed by atoms with Crippen LogP contribution in [0, 0.1) is 13.8 Å². The van der Waals surface area contributed by atoms with E-state index < -0.39 is 0 Å². The Kier molecular flexibility index (Phi) is 1.90. The van der Waals surface area contributed by atoms with Gasteiger partial charge in [0.15, 0.2) is 4.96 Å². The number of imidazole rings is 1. The Labute approximate surface area is 95.1 Å². The molecular formula is C10H9N3S2. The van der Waals surface area contributed by atoms with Crippen molar-refractivity contribution in [1.82, 2.24) is 14.4 Å². The number of aromatic nitrogens is 3. The lowest BCUT2D eigenvalue weighted by atomic mass is 10.3. The second kappa shape index (κ2) is 3.15. The fourth-order valence-electron chi connectivity index (χ4n) is 1.61. The molecule has 0 aliphatic rings. The van der Waals surface area contributed by atoms with E-state index in [0.29, 0.717) is 0 Å². The zero-order valence-electron chi connectivity index (χ0n) is 8.39. The van der Waals surface area contributed by atoms with Gasteiger partial charge in [-0.15, -0.1) is 22.7 Å². The third-order valence-corrected chi connectivity index (χ3v) is 4.10. The van der Waals surface area contributed by atoms with Crippen LogP contribution in [0.4, 0.5) is 0 Å². The number of aryl methyl sites for hydroxylation is 2.